The van der Waals surface area contributed by atoms with E-state index in [2.05, 4.69) is 20.8 Å². The van der Waals surface area contributed by atoms with E-state index in [1.807, 2.05) is 6.92 Å². The molecule has 3 unspecified atom stereocenters. The molecule has 7 heteroatoms. The average Bonchev–Trinajstić information content (AvgIpc) is 2.92. The van der Waals surface area contributed by atoms with Crippen molar-refractivity contribution in [3.63, 3.8) is 0 Å². The maximum Gasteiger partial charge on any atom is 0.315 e. The highest BCUT2D eigenvalue weighted by Crippen LogP contribution is 2.24. The van der Waals surface area contributed by atoms with E-state index in [-0.39, 0.29) is 18.1 Å². The van der Waals surface area contributed by atoms with Crippen molar-refractivity contribution in [1.82, 2.24) is 20.8 Å². The van der Waals surface area contributed by atoms with Gasteiger partial charge in [0, 0.05) is 17.8 Å². The number of urea groups is 1. The van der Waals surface area contributed by atoms with Gasteiger partial charge < -0.3 is 15.7 Å². The lowest BCUT2D eigenvalue weighted by Gasteiger charge is -2.29. The molecule has 7 nitrogen and oxygen atoms in total. The third kappa shape index (κ3) is 3.49. The molecule has 0 spiro atoms. The van der Waals surface area contributed by atoms with Crippen LogP contribution in [0.3, 0.4) is 0 Å². The van der Waals surface area contributed by atoms with Crippen LogP contribution in [0.4, 0.5) is 4.79 Å². The molecule has 110 valence electrons. The standard InChI is InChI=1S/C13H20N4O3/c1-8(9-6-14-15-7-9)16-13(20)17-11-5-3-2-4-10(11)12(18)19/h6-8,10-11H,2-5H2,1H3,(H,14,15)(H,18,19)(H2,16,17,20). The van der Waals surface area contributed by atoms with Crippen LogP contribution >= 0.6 is 0 Å². The van der Waals surface area contributed by atoms with Crippen molar-refractivity contribution >= 4 is 12.0 Å². The SMILES string of the molecule is CC(NC(=O)NC1CCCCC1C(=O)O)c1cn[nH]c1. The first-order chi connectivity index (χ1) is 9.58. The van der Waals surface area contributed by atoms with Crippen molar-refractivity contribution in [2.45, 2.75) is 44.7 Å². The van der Waals surface area contributed by atoms with E-state index in [0.29, 0.717) is 12.8 Å². The van der Waals surface area contributed by atoms with Crippen LogP contribution in [0.25, 0.3) is 0 Å². The minimum absolute atomic E-state index is 0.180. The van der Waals surface area contributed by atoms with Crippen LogP contribution in [0.5, 0.6) is 0 Å². The Morgan fingerprint density at radius 2 is 2.20 bits per heavy atom. The number of H-pyrrole nitrogens is 1. The smallest absolute Gasteiger partial charge is 0.315 e. The molecule has 1 aromatic rings. The molecule has 1 heterocycles. The second-order valence-electron chi connectivity index (χ2n) is 5.21. The van der Waals surface area contributed by atoms with Crippen LogP contribution in [0.2, 0.25) is 0 Å². The van der Waals surface area contributed by atoms with Crippen molar-refractivity contribution in [2.24, 2.45) is 5.92 Å². The van der Waals surface area contributed by atoms with E-state index in [9.17, 15) is 9.59 Å². The zero-order chi connectivity index (χ0) is 14.5. The molecule has 1 aliphatic rings. The molecule has 1 saturated carbocycles. The number of carbonyl (C=O) groups excluding carboxylic acids is 1. The van der Waals surface area contributed by atoms with E-state index < -0.39 is 11.9 Å². The Hall–Kier alpha value is -2.05. The van der Waals surface area contributed by atoms with Gasteiger partial charge in [-0.1, -0.05) is 12.8 Å². The molecular weight excluding hydrogens is 260 g/mol. The van der Waals surface area contributed by atoms with Crippen LogP contribution in [0, 0.1) is 5.92 Å². The molecule has 0 aromatic carbocycles. The Morgan fingerprint density at radius 3 is 2.85 bits per heavy atom. The fourth-order valence-corrected chi connectivity index (χ4v) is 2.59. The third-order valence-corrected chi connectivity index (χ3v) is 3.77. The van der Waals surface area contributed by atoms with Gasteiger partial charge in [-0.15, -0.1) is 0 Å². The summed E-state index contributed by atoms with van der Waals surface area (Å²) in [5.41, 5.74) is 0.874. The van der Waals surface area contributed by atoms with Gasteiger partial charge in [0.1, 0.15) is 0 Å². The summed E-state index contributed by atoms with van der Waals surface area (Å²) >= 11 is 0. The number of amides is 2. The summed E-state index contributed by atoms with van der Waals surface area (Å²) in [4.78, 5) is 23.1. The number of carboxylic acids is 1. The van der Waals surface area contributed by atoms with Gasteiger partial charge >= 0.3 is 12.0 Å². The molecule has 1 aromatic heterocycles. The number of aliphatic carboxylic acids is 1. The second-order valence-corrected chi connectivity index (χ2v) is 5.21. The van der Waals surface area contributed by atoms with Crippen LogP contribution < -0.4 is 10.6 Å². The lowest BCUT2D eigenvalue weighted by Crippen LogP contribution is -2.49. The molecule has 0 aliphatic heterocycles. The Morgan fingerprint density at radius 1 is 1.45 bits per heavy atom. The van der Waals surface area contributed by atoms with E-state index in [4.69, 9.17) is 5.11 Å². The predicted molar refractivity (Wildman–Crippen MR) is 72.1 cm³/mol. The molecular formula is C13H20N4O3. The number of nitrogens with zero attached hydrogens (tertiary/aromatic N) is 1. The fourth-order valence-electron chi connectivity index (χ4n) is 2.59. The zero-order valence-electron chi connectivity index (χ0n) is 11.4. The van der Waals surface area contributed by atoms with Crippen molar-refractivity contribution in [3.05, 3.63) is 18.0 Å². The van der Waals surface area contributed by atoms with Gasteiger partial charge in [-0.05, 0) is 19.8 Å². The molecule has 2 amide bonds. The van der Waals surface area contributed by atoms with Gasteiger partial charge in [0.2, 0.25) is 0 Å². The Kier molecular flexibility index (Phi) is 4.60. The highest BCUT2D eigenvalue weighted by Gasteiger charge is 2.31. The lowest BCUT2D eigenvalue weighted by molar-refractivity contribution is -0.143. The summed E-state index contributed by atoms with van der Waals surface area (Å²) < 4.78 is 0. The quantitative estimate of drug-likeness (QED) is 0.669. The Labute approximate surface area is 117 Å². The highest BCUT2D eigenvalue weighted by atomic mass is 16.4. The van der Waals surface area contributed by atoms with E-state index in [1.54, 1.807) is 12.4 Å². The number of carbonyl (C=O) groups is 2. The first-order valence-corrected chi connectivity index (χ1v) is 6.86. The number of aromatic amines is 1. The summed E-state index contributed by atoms with van der Waals surface area (Å²) in [5, 5.41) is 21.3. The van der Waals surface area contributed by atoms with Crippen molar-refractivity contribution < 1.29 is 14.7 Å². The van der Waals surface area contributed by atoms with Gasteiger partial charge in [0.15, 0.2) is 0 Å². The maximum atomic E-state index is 11.9. The molecule has 3 atom stereocenters. The minimum atomic E-state index is -0.835. The van der Waals surface area contributed by atoms with Gasteiger partial charge in [0.05, 0.1) is 18.2 Å². The second kappa shape index (κ2) is 6.40. The first-order valence-electron chi connectivity index (χ1n) is 6.86. The van der Waals surface area contributed by atoms with Crippen LogP contribution in [0.15, 0.2) is 12.4 Å². The van der Waals surface area contributed by atoms with E-state index >= 15 is 0 Å². The van der Waals surface area contributed by atoms with Gasteiger partial charge in [-0.2, -0.15) is 5.10 Å². The van der Waals surface area contributed by atoms with E-state index in [0.717, 1.165) is 18.4 Å². The number of rotatable bonds is 4. The van der Waals surface area contributed by atoms with Gasteiger partial charge in [0.25, 0.3) is 0 Å². The van der Waals surface area contributed by atoms with Gasteiger partial charge in [-0.25, -0.2) is 4.79 Å². The molecule has 0 radical (unpaired) electrons. The summed E-state index contributed by atoms with van der Waals surface area (Å²) in [6.07, 6.45) is 6.55. The van der Waals surface area contributed by atoms with Crippen molar-refractivity contribution in [1.29, 1.82) is 0 Å². The van der Waals surface area contributed by atoms with Crippen LogP contribution in [-0.4, -0.2) is 33.3 Å². The third-order valence-electron chi connectivity index (χ3n) is 3.77. The average molecular weight is 280 g/mol. The Balaban J connectivity index is 1.88. The molecule has 1 aliphatic carbocycles. The number of carboxylic acid groups (broad SMARTS) is 1. The number of hydrogen-bond donors (Lipinski definition) is 4. The van der Waals surface area contributed by atoms with Crippen molar-refractivity contribution in [2.75, 3.05) is 0 Å². The predicted octanol–water partition coefficient (Wildman–Crippen LogP) is 1.41. The normalized spacial score (nSPS) is 23.9. The van der Waals surface area contributed by atoms with Gasteiger partial charge in [-0.3, -0.25) is 9.89 Å². The van der Waals surface area contributed by atoms with Crippen molar-refractivity contribution in [3.8, 4) is 0 Å². The summed E-state index contributed by atoms with van der Waals surface area (Å²) in [7, 11) is 0. The molecule has 0 bridgehead atoms. The summed E-state index contributed by atoms with van der Waals surface area (Å²) in [6.45, 7) is 1.85. The first kappa shape index (κ1) is 14.4. The maximum absolute atomic E-state index is 11.9. The molecule has 1 fully saturated rings. The molecule has 2 rings (SSSR count). The number of hydrogen-bond acceptors (Lipinski definition) is 3. The summed E-state index contributed by atoms with van der Waals surface area (Å²) in [6, 6.07) is -0.810. The molecule has 4 N–H and O–H groups in total. The monoisotopic (exact) mass is 280 g/mol. The van der Waals surface area contributed by atoms with E-state index in [1.165, 1.54) is 0 Å². The van der Waals surface area contributed by atoms with Crippen LogP contribution in [-0.2, 0) is 4.79 Å². The summed E-state index contributed by atoms with van der Waals surface area (Å²) in [5.74, 6) is -1.32. The number of nitrogens with one attached hydrogen (secondary N) is 3. The number of aromatic nitrogens is 2. The topological polar surface area (TPSA) is 107 Å². The highest BCUT2D eigenvalue weighted by molar-refractivity contribution is 5.77. The molecule has 20 heavy (non-hydrogen) atoms. The lowest BCUT2D eigenvalue weighted by atomic mass is 9.84. The minimum Gasteiger partial charge on any atom is -0.481 e. The largest absolute Gasteiger partial charge is 0.481 e. The Bertz CT molecular complexity index is 460. The van der Waals surface area contributed by atoms with Crippen LogP contribution in [0.1, 0.15) is 44.2 Å². The molecule has 0 saturated heterocycles. The fraction of sp³-hybridized carbons (Fsp3) is 0.615. The zero-order valence-corrected chi connectivity index (χ0v) is 11.4.